The van der Waals surface area contributed by atoms with Gasteiger partial charge in [0.15, 0.2) is 0 Å². The fourth-order valence-electron chi connectivity index (χ4n) is 7.83. The number of hydrogen-bond donors (Lipinski definition) is 2. The first-order valence-corrected chi connectivity index (χ1v) is 18.6. The topological polar surface area (TPSA) is 105 Å². The quantitative estimate of drug-likeness (QED) is 0.384. The van der Waals surface area contributed by atoms with Crippen LogP contribution < -0.4 is 14.4 Å². The van der Waals surface area contributed by atoms with Gasteiger partial charge >= 0.3 is 0 Å². The van der Waals surface area contributed by atoms with E-state index in [0.29, 0.717) is 31.9 Å². The number of aliphatic hydroxyl groups is 1. The van der Waals surface area contributed by atoms with E-state index in [1.807, 2.05) is 39.0 Å². The van der Waals surface area contributed by atoms with Crippen molar-refractivity contribution in [2.24, 2.45) is 17.8 Å². The van der Waals surface area contributed by atoms with E-state index in [2.05, 4.69) is 21.8 Å². The highest BCUT2D eigenvalue weighted by Gasteiger charge is 2.48. The third-order valence-electron chi connectivity index (χ3n) is 10.9. The molecule has 6 atom stereocenters. The average Bonchev–Trinajstić information content (AvgIpc) is 3.14. The number of amides is 1. The molecular weight excluding hydrogens is 624 g/mol. The molecule has 8 nitrogen and oxygen atoms in total. The van der Waals surface area contributed by atoms with Crippen LogP contribution in [0.2, 0.25) is 5.02 Å². The van der Waals surface area contributed by atoms with Crippen molar-refractivity contribution in [3.8, 4) is 5.75 Å². The predicted octanol–water partition coefficient (Wildman–Crippen LogP) is 6.04. The molecule has 46 heavy (non-hydrogen) atoms. The number of ether oxygens (including phenoxy) is 2. The summed E-state index contributed by atoms with van der Waals surface area (Å²) in [6.07, 6.45) is 8.85. The summed E-state index contributed by atoms with van der Waals surface area (Å²) < 4.78 is 41.6. The Morgan fingerprint density at radius 2 is 1.98 bits per heavy atom. The molecule has 1 spiro atoms. The molecule has 10 heteroatoms. The summed E-state index contributed by atoms with van der Waals surface area (Å²) in [5.74, 6) is -0.150. The summed E-state index contributed by atoms with van der Waals surface area (Å²) in [6.45, 7) is 9.35. The first-order valence-electron chi connectivity index (χ1n) is 16.7. The summed E-state index contributed by atoms with van der Waals surface area (Å²) in [7, 11) is -3.97. The Kier molecular flexibility index (Phi) is 9.26. The standard InChI is InChI=1S/C36H47ClN2O6S/c1-23(2)44-22-36(41)16-5-7-24(3)25(4)46(42,43)38-34(40)27-10-14-33-32(18-27)39(19-28-9-12-31(28)36)20-35(21-45-33)15-6-8-26-17-29(37)11-13-30(26)35/h5,10-11,13-14,16-18,23-25,28,31,41H,6-9,12,15,19-22H2,1-4H3,(H,38,40)/b16-5+/t24-,25+,28-,31+,35-,36+/m0/s1. The summed E-state index contributed by atoms with van der Waals surface area (Å²) in [6, 6.07) is 11.4. The summed E-state index contributed by atoms with van der Waals surface area (Å²) in [4.78, 5) is 15.8. The largest absolute Gasteiger partial charge is 0.490 e. The Balaban J connectivity index is 1.44. The van der Waals surface area contributed by atoms with Crippen molar-refractivity contribution in [3.63, 3.8) is 0 Å². The lowest BCUT2D eigenvalue weighted by Crippen LogP contribution is -2.54. The molecule has 0 aromatic heterocycles. The van der Waals surface area contributed by atoms with Crippen LogP contribution in [-0.4, -0.2) is 62.7 Å². The maximum atomic E-state index is 13.5. The number of anilines is 1. The summed E-state index contributed by atoms with van der Waals surface area (Å²) in [5.41, 5.74) is 2.01. The normalized spacial score (nSPS) is 33.2. The number of allylic oxidation sites excluding steroid dienone is 1. The molecule has 2 aliphatic carbocycles. The zero-order chi connectivity index (χ0) is 32.9. The van der Waals surface area contributed by atoms with Crippen molar-refractivity contribution >= 4 is 33.2 Å². The zero-order valence-corrected chi connectivity index (χ0v) is 28.9. The lowest BCUT2D eigenvalue weighted by molar-refractivity contribution is -0.106. The van der Waals surface area contributed by atoms with Crippen LogP contribution in [0.1, 0.15) is 81.3 Å². The van der Waals surface area contributed by atoms with Gasteiger partial charge in [-0.25, -0.2) is 13.1 Å². The Morgan fingerprint density at radius 1 is 1.17 bits per heavy atom. The number of aryl methyl sites for hydroxylation is 1. The molecule has 1 fully saturated rings. The van der Waals surface area contributed by atoms with Crippen LogP contribution in [0.15, 0.2) is 48.6 Å². The zero-order valence-electron chi connectivity index (χ0n) is 27.3. The molecule has 0 radical (unpaired) electrons. The van der Waals surface area contributed by atoms with Gasteiger partial charge in [0.2, 0.25) is 10.0 Å². The van der Waals surface area contributed by atoms with Crippen LogP contribution in [0.3, 0.4) is 0 Å². The van der Waals surface area contributed by atoms with Crippen LogP contribution >= 0.6 is 11.6 Å². The number of rotatable bonds is 3. The second-order valence-corrected chi connectivity index (χ2v) is 16.9. The molecule has 2 aliphatic heterocycles. The first-order chi connectivity index (χ1) is 21.8. The number of nitrogens with one attached hydrogen (secondary N) is 1. The highest BCUT2D eigenvalue weighted by Crippen LogP contribution is 2.48. The van der Waals surface area contributed by atoms with Crippen molar-refractivity contribution in [2.45, 2.75) is 88.6 Å². The lowest BCUT2D eigenvalue weighted by Gasteiger charge is -2.49. The SMILES string of the molecule is CC(C)OC[C@]1(O)/C=C/C[C@H](C)[C@@H](C)S(=O)(=O)NC(=O)c2ccc3c(c2)N(C[C@@H]2CC[C@H]21)C[C@@]1(CCCc2cc(Cl)ccc21)CO3. The van der Waals surface area contributed by atoms with Crippen molar-refractivity contribution in [2.75, 3.05) is 31.2 Å². The van der Waals surface area contributed by atoms with Crippen LogP contribution in [0.4, 0.5) is 5.69 Å². The fourth-order valence-corrected chi connectivity index (χ4v) is 9.31. The minimum absolute atomic E-state index is 0.0423. The highest BCUT2D eigenvalue weighted by atomic mass is 35.5. The highest BCUT2D eigenvalue weighted by molar-refractivity contribution is 7.90. The molecule has 2 aromatic carbocycles. The fraction of sp³-hybridized carbons (Fsp3) is 0.583. The number of carbonyl (C=O) groups excluding carboxylic acids is 1. The molecule has 1 amide bonds. The maximum Gasteiger partial charge on any atom is 0.264 e. The van der Waals surface area contributed by atoms with E-state index in [4.69, 9.17) is 21.1 Å². The van der Waals surface area contributed by atoms with Crippen LogP contribution in [0, 0.1) is 17.8 Å². The number of hydrogen-bond acceptors (Lipinski definition) is 7. The van der Waals surface area contributed by atoms with Crippen LogP contribution in [0.5, 0.6) is 5.75 Å². The second-order valence-electron chi connectivity index (χ2n) is 14.4. The van der Waals surface area contributed by atoms with E-state index in [0.717, 1.165) is 42.8 Å². The van der Waals surface area contributed by atoms with E-state index < -0.39 is 26.8 Å². The van der Waals surface area contributed by atoms with Gasteiger partial charge in [0.1, 0.15) is 11.4 Å². The number of nitrogens with zero attached hydrogens (tertiary/aromatic N) is 1. The minimum Gasteiger partial charge on any atom is -0.490 e. The van der Waals surface area contributed by atoms with E-state index in [1.165, 1.54) is 11.1 Å². The Labute approximate surface area is 278 Å². The van der Waals surface area contributed by atoms with Gasteiger partial charge in [-0.15, -0.1) is 0 Å². The summed E-state index contributed by atoms with van der Waals surface area (Å²) in [5, 5.41) is 12.1. The molecule has 6 rings (SSSR count). The van der Waals surface area contributed by atoms with Crippen LogP contribution in [0.25, 0.3) is 0 Å². The predicted molar refractivity (Wildman–Crippen MR) is 181 cm³/mol. The molecule has 2 aromatic rings. The summed E-state index contributed by atoms with van der Waals surface area (Å²) >= 11 is 6.43. The Bertz CT molecular complexity index is 1610. The van der Waals surface area contributed by atoms with E-state index >= 15 is 0 Å². The molecule has 250 valence electrons. The molecule has 2 N–H and O–H groups in total. The molecule has 4 aliphatic rings. The third kappa shape index (κ3) is 6.45. The van der Waals surface area contributed by atoms with Gasteiger partial charge in [0.25, 0.3) is 5.91 Å². The molecule has 0 unspecified atom stereocenters. The lowest BCUT2D eigenvalue weighted by atomic mass is 9.64. The molecular formula is C36H47ClN2O6S. The van der Waals surface area contributed by atoms with Crippen molar-refractivity contribution in [1.29, 1.82) is 0 Å². The van der Waals surface area contributed by atoms with E-state index in [9.17, 15) is 18.3 Å². The molecule has 0 saturated heterocycles. The van der Waals surface area contributed by atoms with Gasteiger partial charge in [0.05, 0.1) is 30.3 Å². The maximum absolute atomic E-state index is 13.5. The Hall–Kier alpha value is -2.59. The Morgan fingerprint density at radius 3 is 2.72 bits per heavy atom. The third-order valence-corrected chi connectivity index (χ3v) is 13.1. The minimum atomic E-state index is -3.97. The smallest absolute Gasteiger partial charge is 0.264 e. The van der Waals surface area contributed by atoms with Crippen molar-refractivity contribution in [1.82, 2.24) is 4.72 Å². The van der Waals surface area contributed by atoms with Gasteiger partial charge < -0.3 is 19.5 Å². The number of halogens is 1. The van der Waals surface area contributed by atoms with E-state index in [-0.39, 0.29) is 41.4 Å². The molecule has 2 bridgehead atoms. The van der Waals surface area contributed by atoms with Gasteiger partial charge in [-0.05, 0) is 119 Å². The molecule has 2 heterocycles. The number of fused-ring (bicyclic) bond motifs is 4. The monoisotopic (exact) mass is 670 g/mol. The van der Waals surface area contributed by atoms with Gasteiger partial charge in [-0.3, -0.25) is 4.79 Å². The number of benzene rings is 2. The van der Waals surface area contributed by atoms with Gasteiger partial charge in [-0.2, -0.15) is 0 Å². The number of sulfonamides is 1. The molecule has 1 saturated carbocycles. The average molecular weight is 671 g/mol. The second kappa shape index (κ2) is 12.8. The van der Waals surface area contributed by atoms with Crippen LogP contribution in [-0.2, 0) is 26.6 Å². The number of carbonyl (C=O) groups is 1. The van der Waals surface area contributed by atoms with Gasteiger partial charge in [-0.1, -0.05) is 36.7 Å². The van der Waals surface area contributed by atoms with Gasteiger partial charge in [0, 0.05) is 29.1 Å². The van der Waals surface area contributed by atoms with Crippen molar-refractivity contribution in [3.05, 3.63) is 70.3 Å². The first kappa shape index (κ1) is 33.3. The van der Waals surface area contributed by atoms with Crippen molar-refractivity contribution < 1.29 is 27.8 Å². The van der Waals surface area contributed by atoms with E-state index in [1.54, 1.807) is 25.1 Å².